The third-order valence-corrected chi connectivity index (χ3v) is 6.90. The van der Waals surface area contributed by atoms with Crippen LogP contribution < -0.4 is 10.3 Å². The maximum Gasteiger partial charge on any atom is 0.524 e. The van der Waals surface area contributed by atoms with E-state index >= 15 is 0 Å². The first-order valence-corrected chi connectivity index (χ1v) is 13.7. The summed E-state index contributed by atoms with van der Waals surface area (Å²) in [5.41, 5.74) is 9.08. The zero-order valence-corrected chi connectivity index (χ0v) is 21.8. The number of rotatable bonds is 9. The highest BCUT2D eigenvalue weighted by Crippen LogP contribution is 2.39. The number of aryl methyl sites for hydroxylation is 1. The molecule has 0 radical (unpaired) electrons. The fourth-order valence-corrected chi connectivity index (χ4v) is 5.01. The smallest absolute Gasteiger partial charge is 0.508 e. The highest BCUT2D eigenvalue weighted by molar-refractivity contribution is 7.46. The van der Waals surface area contributed by atoms with Gasteiger partial charge in [0.1, 0.15) is 22.8 Å². The Kier molecular flexibility index (Phi) is 6.85. The second-order valence-electron chi connectivity index (χ2n) is 9.23. The number of aromatic nitrogens is 3. The van der Waals surface area contributed by atoms with Crippen LogP contribution in [0.5, 0.6) is 11.5 Å². The van der Waals surface area contributed by atoms with Crippen LogP contribution in [-0.2, 0) is 33.7 Å². The number of pyridine rings is 1. The average molecular weight is 551 g/mol. The SMILES string of the molecule is CCCCc1nc2c(N)nc3cc(CN4C(=O)C=CC4=O)ccc3c2n1Cc1cc(OP(=O)(O)O)ccc1O. The van der Waals surface area contributed by atoms with E-state index in [0.29, 0.717) is 39.9 Å². The Labute approximate surface area is 222 Å². The number of carbonyl (C=O) groups is 2. The van der Waals surface area contributed by atoms with Crippen LogP contribution in [0.4, 0.5) is 5.82 Å². The van der Waals surface area contributed by atoms with Crippen molar-refractivity contribution in [1.29, 1.82) is 0 Å². The molecule has 0 spiro atoms. The number of nitrogens with two attached hydrogens (primary N) is 1. The molecular formula is C26H26N5O7P. The summed E-state index contributed by atoms with van der Waals surface area (Å²) < 4.78 is 18.0. The summed E-state index contributed by atoms with van der Waals surface area (Å²) in [7, 11) is -4.79. The van der Waals surface area contributed by atoms with Crippen LogP contribution in [0, 0.1) is 0 Å². The summed E-state index contributed by atoms with van der Waals surface area (Å²) in [4.78, 5) is 52.9. The van der Waals surface area contributed by atoms with Gasteiger partial charge in [0.25, 0.3) is 11.8 Å². The average Bonchev–Trinajstić information content (AvgIpc) is 3.39. The van der Waals surface area contributed by atoms with Crippen molar-refractivity contribution in [3.63, 3.8) is 0 Å². The molecule has 2 amide bonds. The van der Waals surface area contributed by atoms with Crippen molar-refractivity contribution in [2.45, 2.75) is 39.3 Å². The van der Waals surface area contributed by atoms with Crippen LogP contribution in [0.2, 0.25) is 0 Å². The largest absolute Gasteiger partial charge is 0.524 e. The van der Waals surface area contributed by atoms with Crippen LogP contribution >= 0.6 is 7.82 Å². The minimum Gasteiger partial charge on any atom is -0.508 e. The molecular weight excluding hydrogens is 525 g/mol. The molecule has 12 nitrogen and oxygen atoms in total. The third kappa shape index (κ3) is 5.35. The van der Waals surface area contributed by atoms with E-state index < -0.39 is 7.82 Å². The molecule has 202 valence electrons. The summed E-state index contributed by atoms with van der Waals surface area (Å²) in [5, 5.41) is 11.3. The lowest BCUT2D eigenvalue weighted by atomic mass is 10.1. The minimum absolute atomic E-state index is 0.0847. The number of phosphoric ester groups is 1. The lowest BCUT2D eigenvalue weighted by molar-refractivity contribution is -0.137. The molecule has 1 aliphatic rings. The predicted octanol–water partition coefficient (Wildman–Crippen LogP) is 3.16. The van der Waals surface area contributed by atoms with Crippen molar-refractivity contribution >= 4 is 47.4 Å². The Bertz CT molecular complexity index is 1690. The number of amides is 2. The molecule has 3 heterocycles. The predicted molar refractivity (Wildman–Crippen MR) is 143 cm³/mol. The Hall–Kier alpha value is -4.25. The van der Waals surface area contributed by atoms with Crippen molar-refractivity contribution < 1.29 is 33.6 Å². The molecule has 4 aromatic rings. The lowest BCUT2D eigenvalue weighted by Crippen LogP contribution is -2.29. The molecule has 0 bridgehead atoms. The normalized spacial score (nSPS) is 13.8. The molecule has 0 saturated carbocycles. The summed E-state index contributed by atoms with van der Waals surface area (Å²) >= 11 is 0. The van der Waals surface area contributed by atoms with E-state index in [4.69, 9.17) is 15.2 Å². The van der Waals surface area contributed by atoms with Crippen LogP contribution in [-0.4, -0.2) is 46.1 Å². The number of fused-ring (bicyclic) bond motifs is 3. The van der Waals surface area contributed by atoms with Gasteiger partial charge >= 0.3 is 7.82 Å². The molecule has 0 atom stereocenters. The highest BCUT2D eigenvalue weighted by Gasteiger charge is 2.24. The number of phenolic OH excluding ortho intramolecular Hbond substituents is 1. The standard InChI is InChI=1S/C26H26N5O7P/c1-2-3-4-21-29-24-25(30(21)14-16-12-17(6-8-20(16)32)38-39(35,36)37)18-7-5-15(11-19(18)28-26(24)27)13-31-22(33)9-10-23(31)34/h5-12,32H,2-4,13-14H2,1H3,(H2,27,28)(H2,35,36,37). The van der Waals surface area contributed by atoms with Crippen molar-refractivity contribution in [2.24, 2.45) is 0 Å². The quantitative estimate of drug-likeness (QED) is 0.178. The topological polar surface area (TPSA) is 181 Å². The van der Waals surface area contributed by atoms with Crippen molar-refractivity contribution in [2.75, 3.05) is 5.73 Å². The van der Waals surface area contributed by atoms with Crippen LogP contribution in [0.3, 0.4) is 0 Å². The Morgan fingerprint density at radius 3 is 2.46 bits per heavy atom. The number of carbonyl (C=O) groups excluding carboxylic acids is 2. The summed E-state index contributed by atoms with van der Waals surface area (Å²) in [6, 6.07) is 9.33. The Balaban J connectivity index is 1.62. The van der Waals surface area contributed by atoms with Gasteiger partial charge < -0.3 is 19.9 Å². The molecule has 13 heteroatoms. The number of hydrogen-bond donors (Lipinski definition) is 4. The molecule has 1 aliphatic heterocycles. The number of phosphoric acid groups is 1. The highest BCUT2D eigenvalue weighted by atomic mass is 31.2. The molecule has 5 rings (SSSR count). The fourth-order valence-electron chi connectivity index (χ4n) is 4.62. The fraction of sp³-hybridized carbons (Fsp3) is 0.231. The first-order chi connectivity index (χ1) is 18.5. The number of nitrogen functional groups attached to an aromatic ring is 1. The molecule has 2 aromatic carbocycles. The zero-order valence-electron chi connectivity index (χ0n) is 20.9. The van der Waals surface area contributed by atoms with Crippen LogP contribution in [0.1, 0.15) is 36.7 Å². The minimum atomic E-state index is -4.79. The Morgan fingerprint density at radius 2 is 1.77 bits per heavy atom. The first-order valence-electron chi connectivity index (χ1n) is 12.2. The van der Waals surface area contributed by atoms with E-state index in [1.54, 1.807) is 12.1 Å². The van der Waals surface area contributed by atoms with Gasteiger partial charge in [0, 0.05) is 29.5 Å². The van der Waals surface area contributed by atoms with Gasteiger partial charge in [-0.3, -0.25) is 24.3 Å². The van der Waals surface area contributed by atoms with Crippen LogP contribution in [0.15, 0.2) is 48.6 Å². The molecule has 5 N–H and O–H groups in total. The number of benzene rings is 2. The maximum atomic E-state index is 12.0. The monoisotopic (exact) mass is 551 g/mol. The van der Waals surface area contributed by atoms with Gasteiger partial charge in [-0.1, -0.05) is 25.5 Å². The van der Waals surface area contributed by atoms with Crippen molar-refractivity contribution in [1.82, 2.24) is 19.4 Å². The van der Waals surface area contributed by atoms with Gasteiger partial charge in [0.2, 0.25) is 0 Å². The second kappa shape index (κ2) is 10.1. The van der Waals surface area contributed by atoms with Gasteiger partial charge in [-0.05, 0) is 36.2 Å². The van der Waals surface area contributed by atoms with Gasteiger partial charge in [-0.25, -0.2) is 14.5 Å². The lowest BCUT2D eigenvalue weighted by Gasteiger charge is -2.15. The molecule has 2 aromatic heterocycles. The van der Waals surface area contributed by atoms with Crippen molar-refractivity contribution in [3.8, 4) is 11.5 Å². The second-order valence-corrected chi connectivity index (χ2v) is 10.4. The van der Waals surface area contributed by atoms with Gasteiger partial charge in [-0.15, -0.1) is 0 Å². The van der Waals surface area contributed by atoms with E-state index in [1.165, 1.54) is 30.4 Å². The van der Waals surface area contributed by atoms with E-state index in [9.17, 15) is 29.0 Å². The number of imidazole rings is 1. The first kappa shape index (κ1) is 26.4. The zero-order chi connectivity index (χ0) is 27.9. The van der Waals surface area contributed by atoms with Gasteiger partial charge in [0.15, 0.2) is 5.82 Å². The molecule has 0 unspecified atom stereocenters. The molecule has 0 saturated heterocycles. The van der Waals surface area contributed by atoms with E-state index in [2.05, 4.69) is 11.9 Å². The molecule has 39 heavy (non-hydrogen) atoms. The van der Waals surface area contributed by atoms with Gasteiger partial charge in [-0.2, -0.15) is 0 Å². The number of unbranched alkanes of at least 4 members (excludes halogenated alkanes) is 1. The third-order valence-electron chi connectivity index (χ3n) is 6.45. The summed E-state index contributed by atoms with van der Waals surface area (Å²) in [5.74, 6) is -0.0378. The van der Waals surface area contributed by atoms with Crippen LogP contribution in [0.25, 0.3) is 21.9 Å². The Morgan fingerprint density at radius 1 is 1.03 bits per heavy atom. The summed E-state index contributed by atoms with van der Waals surface area (Å²) in [6.07, 6.45) is 4.85. The van der Waals surface area contributed by atoms with E-state index in [0.717, 1.165) is 23.1 Å². The number of hydrogen-bond acceptors (Lipinski definition) is 8. The van der Waals surface area contributed by atoms with E-state index in [-0.39, 0.29) is 42.2 Å². The molecule has 0 fully saturated rings. The van der Waals surface area contributed by atoms with E-state index in [1.807, 2.05) is 10.6 Å². The van der Waals surface area contributed by atoms with Crippen molar-refractivity contribution in [3.05, 3.63) is 65.5 Å². The molecule has 0 aliphatic carbocycles. The summed E-state index contributed by atoms with van der Waals surface area (Å²) in [6.45, 7) is 2.25. The number of anilines is 1. The number of aromatic hydroxyl groups is 1. The maximum absolute atomic E-state index is 12.0. The van der Waals surface area contributed by atoms with Gasteiger partial charge in [0.05, 0.1) is 24.1 Å². The number of imide groups is 1. The number of nitrogens with zero attached hydrogens (tertiary/aromatic N) is 4. The number of phenols is 1.